The molecule has 0 radical (unpaired) electrons. The zero-order valence-corrected chi connectivity index (χ0v) is 9.47. The van der Waals surface area contributed by atoms with Crippen LogP contribution in [0.25, 0.3) is 0 Å². The topological polar surface area (TPSA) is 49.9 Å². The summed E-state index contributed by atoms with van der Waals surface area (Å²) in [4.78, 5) is 0. The van der Waals surface area contributed by atoms with Crippen LogP contribution in [0.5, 0.6) is 0 Å². The van der Waals surface area contributed by atoms with Gasteiger partial charge in [0.25, 0.3) is 0 Å². The molecule has 2 rings (SSSR count). The molecule has 1 atom stereocenters. The first-order valence-corrected chi connectivity index (χ1v) is 5.66. The minimum atomic E-state index is 0.645. The van der Waals surface area contributed by atoms with Crippen molar-refractivity contribution in [1.29, 1.82) is 0 Å². The predicted molar refractivity (Wildman–Crippen MR) is 60.1 cm³/mol. The molecule has 2 N–H and O–H groups in total. The van der Waals surface area contributed by atoms with Crippen LogP contribution in [0, 0.1) is 12.8 Å². The number of nitrogens with one attached hydrogen (secondary N) is 2. The van der Waals surface area contributed by atoms with Gasteiger partial charge in [-0.05, 0) is 19.8 Å². The minimum absolute atomic E-state index is 0.645. The van der Waals surface area contributed by atoms with Crippen LogP contribution in [0.2, 0.25) is 0 Å². The molecule has 0 saturated carbocycles. The Morgan fingerprint density at radius 2 is 2.47 bits per heavy atom. The minimum Gasteiger partial charge on any atom is -0.381 e. The van der Waals surface area contributed by atoms with Gasteiger partial charge in [0.2, 0.25) is 0 Å². The summed E-state index contributed by atoms with van der Waals surface area (Å²) in [6.45, 7) is 7.00. The Bertz CT molecular complexity index is 316. The molecule has 2 heterocycles. The third kappa shape index (κ3) is 2.31. The number of aryl methyl sites for hydroxylation is 1. The average molecular weight is 209 g/mol. The van der Waals surface area contributed by atoms with Gasteiger partial charge in [-0.25, -0.2) is 0 Å². The van der Waals surface area contributed by atoms with E-state index in [-0.39, 0.29) is 0 Å². The maximum Gasteiger partial charge on any atom is 0.150 e. The molecule has 4 nitrogen and oxygen atoms in total. The molecule has 1 aromatic rings. The van der Waals surface area contributed by atoms with E-state index >= 15 is 0 Å². The van der Waals surface area contributed by atoms with E-state index in [9.17, 15) is 0 Å². The lowest BCUT2D eigenvalue weighted by molar-refractivity contribution is 0.187. The summed E-state index contributed by atoms with van der Waals surface area (Å²) in [7, 11) is 0. The Kier molecular flexibility index (Phi) is 3.26. The molecule has 15 heavy (non-hydrogen) atoms. The molecular weight excluding hydrogens is 190 g/mol. The first kappa shape index (κ1) is 10.5. The molecule has 84 valence electrons. The smallest absolute Gasteiger partial charge is 0.150 e. The summed E-state index contributed by atoms with van der Waals surface area (Å²) in [5.74, 6) is 1.64. The van der Waals surface area contributed by atoms with Crippen molar-refractivity contribution in [2.75, 3.05) is 25.1 Å². The largest absolute Gasteiger partial charge is 0.381 e. The zero-order chi connectivity index (χ0) is 10.7. The van der Waals surface area contributed by atoms with E-state index in [2.05, 4.69) is 29.4 Å². The van der Waals surface area contributed by atoms with Crippen molar-refractivity contribution in [3.05, 3.63) is 11.3 Å². The summed E-state index contributed by atoms with van der Waals surface area (Å²) in [6.07, 6.45) is 2.17. The van der Waals surface area contributed by atoms with Gasteiger partial charge in [-0.3, -0.25) is 5.10 Å². The maximum absolute atomic E-state index is 5.33. The number of aromatic amines is 1. The van der Waals surface area contributed by atoms with Crippen LogP contribution in [0.15, 0.2) is 0 Å². The highest BCUT2D eigenvalue weighted by Gasteiger charge is 2.16. The molecule has 4 heteroatoms. The van der Waals surface area contributed by atoms with E-state index in [0.29, 0.717) is 5.92 Å². The molecule has 0 aromatic carbocycles. The molecule has 0 aliphatic carbocycles. The molecule has 1 saturated heterocycles. The van der Waals surface area contributed by atoms with Gasteiger partial charge < -0.3 is 10.1 Å². The molecule has 0 spiro atoms. The lowest BCUT2D eigenvalue weighted by Crippen LogP contribution is -2.14. The average Bonchev–Trinajstić information content (AvgIpc) is 2.85. The van der Waals surface area contributed by atoms with Crippen molar-refractivity contribution in [2.24, 2.45) is 5.92 Å². The number of hydrogen-bond donors (Lipinski definition) is 2. The summed E-state index contributed by atoms with van der Waals surface area (Å²) < 4.78 is 5.33. The molecule has 1 aliphatic heterocycles. The maximum atomic E-state index is 5.33. The number of anilines is 1. The van der Waals surface area contributed by atoms with Gasteiger partial charge >= 0.3 is 0 Å². The Morgan fingerprint density at radius 3 is 3.07 bits per heavy atom. The summed E-state index contributed by atoms with van der Waals surface area (Å²) >= 11 is 0. The molecule has 0 bridgehead atoms. The Labute approximate surface area is 90.4 Å². The lowest BCUT2D eigenvalue weighted by Gasteiger charge is -2.08. The number of H-pyrrole nitrogens is 1. The number of nitrogens with zero attached hydrogens (tertiary/aromatic N) is 1. The van der Waals surface area contributed by atoms with Crippen LogP contribution in [-0.4, -0.2) is 30.0 Å². The Hall–Kier alpha value is -1.03. The van der Waals surface area contributed by atoms with Gasteiger partial charge in [0.1, 0.15) is 0 Å². The number of ether oxygens (including phenoxy) is 1. The van der Waals surface area contributed by atoms with E-state index in [1.54, 1.807) is 0 Å². The summed E-state index contributed by atoms with van der Waals surface area (Å²) in [5.41, 5.74) is 2.47. The van der Waals surface area contributed by atoms with Gasteiger partial charge in [0, 0.05) is 30.3 Å². The van der Waals surface area contributed by atoms with E-state index in [4.69, 9.17) is 4.74 Å². The second-order valence-corrected chi connectivity index (χ2v) is 4.14. The van der Waals surface area contributed by atoms with Crippen LogP contribution in [0.1, 0.15) is 24.6 Å². The van der Waals surface area contributed by atoms with Crippen molar-refractivity contribution >= 4 is 5.82 Å². The third-order valence-corrected chi connectivity index (χ3v) is 3.05. The van der Waals surface area contributed by atoms with Crippen molar-refractivity contribution in [1.82, 2.24) is 10.2 Å². The molecule has 1 fully saturated rings. The highest BCUT2D eigenvalue weighted by molar-refractivity contribution is 5.45. The third-order valence-electron chi connectivity index (χ3n) is 3.05. The van der Waals surface area contributed by atoms with Crippen molar-refractivity contribution in [2.45, 2.75) is 26.7 Å². The van der Waals surface area contributed by atoms with E-state index in [1.807, 2.05) is 0 Å². The highest BCUT2D eigenvalue weighted by atomic mass is 16.5. The number of rotatable bonds is 4. The van der Waals surface area contributed by atoms with Gasteiger partial charge in [-0.2, -0.15) is 5.10 Å². The normalized spacial score (nSPS) is 20.8. The van der Waals surface area contributed by atoms with Crippen molar-refractivity contribution in [3.8, 4) is 0 Å². The van der Waals surface area contributed by atoms with Gasteiger partial charge in [-0.1, -0.05) is 6.92 Å². The van der Waals surface area contributed by atoms with E-state index < -0.39 is 0 Å². The zero-order valence-electron chi connectivity index (χ0n) is 9.47. The van der Waals surface area contributed by atoms with Crippen LogP contribution in [0.4, 0.5) is 5.82 Å². The van der Waals surface area contributed by atoms with Crippen LogP contribution in [-0.2, 0) is 11.2 Å². The number of aromatic nitrogens is 2. The van der Waals surface area contributed by atoms with Crippen molar-refractivity contribution in [3.63, 3.8) is 0 Å². The number of hydrogen-bond acceptors (Lipinski definition) is 3. The predicted octanol–water partition coefficient (Wildman–Crippen LogP) is 1.73. The summed E-state index contributed by atoms with van der Waals surface area (Å²) in [5, 5.41) is 10.7. The van der Waals surface area contributed by atoms with Crippen molar-refractivity contribution < 1.29 is 4.74 Å². The van der Waals surface area contributed by atoms with Crippen LogP contribution < -0.4 is 5.32 Å². The van der Waals surface area contributed by atoms with Gasteiger partial charge in [0.05, 0.1) is 6.61 Å². The molecule has 1 unspecified atom stereocenters. The fourth-order valence-electron chi connectivity index (χ4n) is 1.94. The van der Waals surface area contributed by atoms with Gasteiger partial charge in [0.15, 0.2) is 5.82 Å². The fourth-order valence-corrected chi connectivity index (χ4v) is 1.94. The van der Waals surface area contributed by atoms with E-state index in [1.165, 1.54) is 11.3 Å². The van der Waals surface area contributed by atoms with Gasteiger partial charge in [-0.15, -0.1) is 0 Å². The highest BCUT2D eigenvalue weighted by Crippen LogP contribution is 2.18. The first-order chi connectivity index (χ1) is 7.31. The standard InChI is InChI=1S/C11H19N3O/c1-3-10-8(2)11(14-13-10)12-6-9-4-5-15-7-9/h9H,3-7H2,1-2H3,(H2,12,13,14). The Morgan fingerprint density at radius 1 is 1.60 bits per heavy atom. The summed E-state index contributed by atoms with van der Waals surface area (Å²) in [6, 6.07) is 0. The quantitative estimate of drug-likeness (QED) is 0.794. The van der Waals surface area contributed by atoms with Crippen LogP contribution in [0.3, 0.4) is 0 Å². The van der Waals surface area contributed by atoms with E-state index in [0.717, 1.165) is 38.4 Å². The molecule has 1 aliphatic rings. The first-order valence-electron chi connectivity index (χ1n) is 5.66. The Balaban J connectivity index is 1.89. The molecule has 0 amide bonds. The second-order valence-electron chi connectivity index (χ2n) is 4.14. The molecular formula is C11H19N3O. The fraction of sp³-hybridized carbons (Fsp3) is 0.727. The monoisotopic (exact) mass is 209 g/mol. The van der Waals surface area contributed by atoms with Crippen LogP contribution >= 0.6 is 0 Å². The molecule has 1 aromatic heterocycles. The second kappa shape index (κ2) is 4.66. The lowest BCUT2D eigenvalue weighted by atomic mass is 10.1. The SMILES string of the molecule is CCc1[nH]nc(NCC2CCOC2)c1C.